The Balaban J connectivity index is 2.34. The average molecular weight is 389 g/mol. The van der Waals surface area contributed by atoms with Crippen LogP contribution in [0.2, 0.25) is 0 Å². The second-order valence-electron chi connectivity index (χ2n) is 7.48. The third-order valence-electron chi connectivity index (χ3n) is 4.19. The minimum Gasteiger partial charge on any atom is -0.321 e. The number of nitrogens with one attached hydrogen (secondary N) is 1. The highest BCUT2D eigenvalue weighted by Gasteiger charge is 2.33. The molecule has 6 heteroatoms. The molecule has 0 radical (unpaired) electrons. The van der Waals surface area contributed by atoms with Crippen LogP contribution in [0.15, 0.2) is 54.1 Å². The summed E-state index contributed by atoms with van der Waals surface area (Å²) in [6, 6.07) is 11.9. The molecule has 28 heavy (non-hydrogen) atoms. The molecule has 3 nitrogen and oxygen atoms in total. The summed E-state index contributed by atoms with van der Waals surface area (Å²) in [5.41, 5.74) is 0.0520. The lowest BCUT2D eigenvalue weighted by molar-refractivity contribution is -0.137. The molecule has 1 amide bonds. The van der Waals surface area contributed by atoms with E-state index in [1.165, 1.54) is 25.1 Å². The molecule has 0 spiro atoms. The number of rotatable bonds is 4. The van der Waals surface area contributed by atoms with E-state index in [1.54, 1.807) is 12.1 Å². The maximum Gasteiger partial charge on any atom is 0.418 e. The summed E-state index contributed by atoms with van der Waals surface area (Å²) in [5.74, 6) is -1.43. The Bertz CT molecular complexity index is 905. The van der Waals surface area contributed by atoms with Gasteiger partial charge in [-0.15, -0.1) is 0 Å². The van der Waals surface area contributed by atoms with Crippen molar-refractivity contribution in [2.24, 2.45) is 0 Å². The third kappa shape index (κ3) is 5.31. The van der Waals surface area contributed by atoms with Crippen LogP contribution in [0.5, 0.6) is 0 Å². The number of amides is 1. The van der Waals surface area contributed by atoms with Crippen LogP contribution in [0.25, 0.3) is 6.08 Å². The minimum atomic E-state index is -4.62. The molecule has 0 heterocycles. The lowest BCUT2D eigenvalue weighted by Crippen LogP contribution is -2.21. The van der Waals surface area contributed by atoms with E-state index in [2.05, 4.69) is 26.1 Å². The topological polar surface area (TPSA) is 46.2 Å². The van der Waals surface area contributed by atoms with Gasteiger partial charge in [0.25, 0.3) is 5.91 Å². The predicted molar refractivity (Wildman–Crippen MR) is 104 cm³/mol. The fourth-order valence-corrected chi connectivity index (χ4v) is 2.60. The number of Topliss-reactive ketones (excluding diaryl/α,β-unsaturated/α-hetero) is 1. The zero-order chi connectivity index (χ0) is 21.1. The SMILES string of the molecule is CC(=O)/C(=C\c1ccc(C(C)(C)C)cc1)C(=O)Nc1ccccc1C(F)(F)F. The van der Waals surface area contributed by atoms with E-state index in [0.717, 1.165) is 17.7 Å². The number of alkyl halides is 3. The Kier molecular flexibility index (Phi) is 6.12. The van der Waals surface area contributed by atoms with Gasteiger partial charge < -0.3 is 5.32 Å². The summed E-state index contributed by atoms with van der Waals surface area (Å²) in [7, 11) is 0. The van der Waals surface area contributed by atoms with Gasteiger partial charge in [-0.2, -0.15) is 13.2 Å². The lowest BCUT2D eigenvalue weighted by Gasteiger charge is -2.19. The Hall–Kier alpha value is -2.89. The number of halogens is 3. The largest absolute Gasteiger partial charge is 0.418 e. The number of benzene rings is 2. The molecule has 0 bridgehead atoms. The fraction of sp³-hybridized carbons (Fsp3) is 0.273. The van der Waals surface area contributed by atoms with E-state index in [0.29, 0.717) is 5.56 Å². The Labute approximate surface area is 162 Å². The van der Waals surface area contributed by atoms with Crippen molar-refractivity contribution in [1.82, 2.24) is 0 Å². The van der Waals surface area contributed by atoms with Gasteiger partial charge in [-0.25, -0.2) is 0 Å². The van der Waals surface area contributed by atoms with E-state index < -0.39 is 29.1 Å². The van der Waals surface area contributed by atoms with E-state index >= 15 is 0 Å². The van der Waals surface area contributed by atoms with Crippen LogP contribution in [-0.2, 0) is 21.2 Å². The van der Waals surface area contributed by atoms with Crippen molar-refractivity contribution in [3.63, 3.8) is 0 Å². The maximum absolute atomic E-state index is 13.1. The van der Waals surface area contributed by atoms with Gasteiger partial charge in [0, 0.05) is 0 Å². The van der Waals surface area contributed by atoms with Crippen LogP contribution in [0, 0.1) is 0 Å². The minimum absolute atomic E-state index is 0.0513. The summed E-state index contributed by atoms with van der Waals surface area (Å²) in [6.45, 7) is 7.38. The second-order valence-corrected chi connectivity index (χ2v) is 7.48. The number of hydrogen-bond donors (Lipinski definition) is 1. The average Bonchev–Trinajstić information content (AvgIpc) is 2.58. The number of hydrogen-bond acceptors (Lipinski definition) is 2. The first kappa shape index (κ1) is 21.4. The Morgan fingerprint density at radius 1 is 0.929 bits per heavy atom. The molecule has 0 aromatic heterocycles. The molecule has 0 aliphatic carbocycles. The van der Waals surface area contributed by atoms with Crippen molar-refractivity contribution in [1.29, 1.82) is 0 Å². The van der Waals surface area contributed by atoms with Gasteiger partial charge in [0.1, 0.15) is 0 Å². The standard InChI is InChI=1S/C22H22F3NO2/c1-14(27)17(13-15-9-11-16(12-10-15)21(2,3)4)20(28)26-19-8-6-5-7-18(19)22(23,24)25/h5-13H,1-4H3,(H,26,28)/b17-13+. The van der Waals surface area contributed by atoms with Crippen LogP contribution in [0.1, 0.15) is 44.4 Å². The van der Waals surface area contributed by atoms with Crippen molar-refractivity contribution < 1.29 is 22.8 Å². The molecule has 0 atom stereocenters. The molecule has 2 aromatic rings. The van der Waals surface area contributed by atoms with E-state index in [9.17, 15) is 22.8 Å². The molecule has 2 rings (SSSR count). The van der Waals surface area contributed by atoms with Crippen LogP contribution in [-0.4, -0.2) is 11.7 Å². The molecular weight excluding hydrogens is 367 g/mol. The number of anilines is 1. The highest BCUT2D eigenvalue weighted by Crippen LogP contribution is 2.34. The summed E-state index contributed by atoms with van der Waals surface area (Å²) in [5, 5.41) is 2.21. The third-order valence-corrected chi connectivity index (χ3v) is 4.19. The van der Waals surface area contributed by atoms with Crippen molar-refractivity contribution >= 4 is 23.5 Å². The van der Waals surface area contributed by atoms with Gasteiger partial charge in [0.2, 0.25) is 0 Å². The van der Waals surface area contributed by atoms with Crippen LogP contribution in [0.4, 0.5) is 18.9 Å². The first-order valence-corrected chi connectivity index (χ1v) is 8.70. The van der Waals surface area contributed by atoms with Gasteiger partial charge in [0.15, 0.2) is 5.78 Å². The van der Waals surface area contributed by atoms with Crippen LogP contribution in [0.3, 0.4) is 0 Å². The molecular formula is C22H22F3NO2. The summed E-state index contributed by atoms with van der Waals surface area (Å²) < 4.78 is 39.3. The van der Waals surface area contributed by atoms with E-state index in [4.69, 9.17) is 0 Å². The molecule has 1 N–H and O–H groups in total. The highest BCUT2D eigenvalue weighted by atomic mass is 19.4. The van der Waals surface area contributed by atoms with Crippen LogP contribution < -0.4 is 5.32 Å². The highest BCUT2D eigenvalue weighted by molar-refractivity contribution is 6.25. The van der Waals surface area contributed by atoms with Gasteiger partial charge in [-0.05, 0) is 41.7 Å². The second kappa shape index (κ2) is 8.00. The number of carbonyl (C=O) groups excluding carboxylic acids is 2. The van der Waals surface area contributed by atoms with Crippen molar-refractivity contribution in [2.45, 2.75) is 39.3 Å². The Morgan fingerprint density at radius 3 is 2.00 bits per heavy atom. The monoisotopic (exact) mass is 389 g/mol. The zero-order valence-electron chi connectivity index (χ0n) is 16.1. The van der Waals surface area contributed by atoms with Crippen LogP contribution >= 0.6 is 0 Å². The summed E-state index contributed by atoms with van der Waals surface area (Å²) >= 11 is 0. The lowest BCUT2D eigenvalue weighted by atomic mass is 9.86. The molecule has 0 saturated carbocycles. The van der Waals surface area contributed by atoms with Gasteiger partial charge >= 0.3 is 6.18 Å². The number of para-hydroxylation sites is 1. The van der Waals surface area contributed by atoms with Crippen molar-refractivity contribution in [3.8, 4) is 0 Å². The van der Waals surface area contributed by atoms with Gasteiger partial charge in [-0.1, -0.05) is 57.2 Å². The number of carbonyl (C=O) groups is 2. The molecule has 0 fully saturated rings. The zero-order valence-corrected chi connectivity index (χ0v) is 16.1. The molecule has 0 aliphatic rings. The molecule has 0 saturated heterocycles. The van der Waals surface area contributed by atoms with Crippen molar-refractivity contribution in [3.05, 3.63) is 70.8 Å². The maximum atomic E-state index is 13.1. The summed E-state index contributed by atoms with van der Waals surface area (Å²) in [4.78, 5) is 24.4. The first-order valence-electron chi connectivity index (χ1n) is 8.70. The predicted octanol–water partition coefficient (Wildman–Crippen LogP) is 5.61. The normalized spacial score (nSPS) is 12.6. The smallest absolute Gasteiger partial charge is 0.321 e. The van der Waals surface area contributed by atoms with Crippen molar-refractivity contribution in [2.75, 3.05) is 5.32 Å². The quantitative estimate of drug-likeness (QED) is 0.419. The molecule has 0 aliphatic heterocycles. The molecule has 148 valence electrons. The fourth-order valence-electron chi connectivity index (χ4n) is 2.60. The van der Waals surface area contributed by atoms with Gasteiger partial charge in [0.05, 0.1) is 16.8 Å². The molecule has 0 unspecified atom stereocenters. The number of ketones is 1. The van der Waals surface area contributed by atoms with Gasteiger partial charge in [-0.3, -0.25) is 9.59 Å². The summed E-state index contributed by atoms with van der Waals surface area (Å²) in [6.07, 6.45) is -3.24. The van der Waals surface area contributed by atoms with E-state index in [1.807, 2.05) is 12.1 Å². The Morgan fingerprint density at radius 2 is 1.50 bits per heavy atom. The first-order chi connectivity index (χ1) is 12.9. The molecule has 2 aromatic carbocycles. The van der Waals surface area contributed by atoms with E-state index in [-0.39, 0.29) is 11.0 Å².